The van der Waals surface area contributed by atoms with Crippen molar-refractivity contribution in [2.45, 2.75) is 0 Å². The van der Waals surface area contributed by atoms with Gasteiger partial charge < -0.3 is 14.6 Å². The molecule has 0 aliphatic rings. The topological polar surface area (TPSA) is 55.8 Å². The largest absolute Gasteiger partial charge is 0.490 e. The molecule has 2 aromatic carbocycles. The lowest BCUT2D eigenvalue weighted by Gasteiger charge is -2.11. The summed E-state index contributed by atoms with van der Waals surface area (Å²) in [5.74, 6) is -0.355. The maximum atomic E-state index is 12.8. The van der Waals surface area contributed by atoms with Crippen molar-refractivity contribution < 1.29 is 23.8 Å². The van der Waals surface area contributed by atoms with Crippen molar-refractivity contribution in [1.82, 2.24) is 0 Å². The maximum Gasteiger partial charge on any atom is 0.328 e. The summed E-state index contributed by atoms with van der Waals surface area (Å²) in [4.78, 5) is 10.6. The smallest absolute Gasteiger partial charge is 0.328 e. The first-order valence-corrected chi connectivity index (χ1v) is 7.14. The zero-order valence-electron chi connectivity index (χ0n) is 12.0. The molecule has 0 fully saturated rings. The number of hydrogen-bond donors (Lipinski definition) is 1. The molecule has 0 aliphatic carbocycles. The van der Waals surface area contributed by atoms with E-state index in [9.17, 15) is 9.18 Å². The Kier molecular flexibility index (Phi) is 6.00. The Morgan fingerprint density at radius 3 is 2.52 bits per heavy atom. The number of halogens is 2. The maximum absolute atomic E-state index is 12.8. The van der Waals surface area contributed by atoms with Crippen molar-refractivity contribution in [1.29, 1.82) is 0 Å². The predicted molar refractivity (Wildman–Crippen MR) is 85.5 cm³/mol. The fourth-order valence-corrected chi connectivity index (χ4v) is 1.96. The summed E-state index contributed by atoms with van der Waals surface area (Å²) >= 11 is 5.89. The van der Waals surface area contributed by atoms with E-state index in [0.717, 1.165) is 6.08 Å². The molecule has 2 rings (SSSR count). The summed E-state index contributed by atoms with van der Waals surface area (Å²) in [7, 11) is 0. The first-order chi connectivity index (χ1) is 11.0. The molecule has 0 amide bonds. The molecule has 2 aromatic rings. The zero-order valence-corrected chi connectivity index (χ0v) is 12.8. The van der Waals surface area contributed by atoms with Crippen LogP contribution in [0.5, 0.6) is 11.5 Å². The summed E-state index contributed by atoms with van der Waals surface area (Å²) in [6, 6.07) is 10.6. The molecular weight excluding hydrogens is 323 g/mol. The monoisotopic (exact) mass is 336 g/mol. The third kappa shape index (κ3) is 5.64. The van der Waals surface area contributed by atoms with Gasteiger partial charge in [0.2, 0.25) is 0 Å². The lowest BCUT2D eigenvalue weighted by Crippen LogP contribution is -2.09. The number of aliphatic carboxylic acids is 1. The van der Waals surface area contributed by atoms with Crippen molar-refractivity contribution in [3.05, 3.63) is 64.9 Å². The van der Waals surface area contributed by atoms with E-state index in [0.29, 0.717) is 22.1 Å². The normalized spacial score (nSPS) is 10.7. The van der Waals surface area contributed by atoms with E-state index >= 15 is 0 Å². The lowest BCUT2D eigenvalue weighted by atomic mass is 10.2. The molecule has 6 heteroatoms. The van der Waals surface area contributed by atoms with E-state index < -0.39 is 5.97 Å². The Hall–Kier alpha value is -2.53. The minimum atomic E-state index is -1.06. The van der Waals surface area contributed by atoms with E-state index in [2.05, 4.69) is 0 Å². The first-order valence-electron chi connectivity index (χ1n) is 6.76. The molecule has 0 unspecified atom stereocenters. The highest BCUT2D eigenvalue weighted by Crippen LogP contribution is 2.24. The van der Waals surface area contributed by atoms with E-state index in [1.54, 1.807) is 18.2 Å². The SMILES string of the molecule is O=C(O)C=Cc1cc(Cl)ccc1OCCOc1ccc(F)cc1. The number of benzene rings is 2. The molecule has 4 nitrogen and oxygen atoms in total. The molecule has 0 spiro atoms. The van der Waals surface area contributed by atoms with Gasteiger partial charge in [-0.05, 0) is 48.5 Å². The summed E-state index contributed by atoms with van der Waals surface area (Å²) in [6.07, 6.45) is 2.41. The zero-order chi connectivity index (χ0) is 16.7. The molecule has 23 heavy (non-hydrogen) atoms. The molecular formula is C17H14ClFO4. The fraction of sp³-hybridized carbons (Fsp3) is 0.118. The van der Waals surface area contributed by atoms with Crippen molar-refractivity contribution >= 4 is 23.6 Å². The van der Waals surface area contributed by atoms with Crippen molar-refractivity contribution in [2.24, 2.45) is 0 Å². The summed E-state index contributed by atoms with van der Waals surface area (Å²) in [5.41, 5.74) is 0.557. The van der Waals surface area contributed by atoms with Crippen LogP contribution >= 0.6 is 11.6 Å². The fourth-order valence-electron chi connectivity index (χ4n) is 1.78. The van der Waals surface area contributed by atoms with Gasteiger partial charge in [-0.25, -0.2) is 9.18 Å². The van der Waals surface area contributed by atoms with Crippen molar-refractivity contribution in [2.75, 3.05) is 13.2 Å². The van der Waals surface area contributed by atoms with Crippen LogP contribution in [0.2, 0.25) is 5.02 Å². The second kappa shape index (κ2) is 8.19. The van der Waals surface area contributed by atoms with Crippen LogP contribution in [0.15, 0.2) is 48.5 Å². The molecule has 0 saturated carbocycles. The van der Waals surface area contributed by atoms with Gasteiger partial charge in [-0.3, -0.25) is 0 Å². The highest BCUT2D eigenvalue weighted by molar-refractivity contribution is 6.30. The Morgan fingerprint density at radius 1 is 1.13 bits per heavy atom. The first kappa shape index (κ1) is 16.8. The van der Waals surface area contributed by atoms with Crippen LogP contribution in [0.25, 0.3) is 6.08 Å². The van der Waals surface area contributed by atoms with Crippen LogP contribution < -0.4 is 9.47 Å². The van der Waals surface area contributed by atoms with Crippen LogP contribution in [-0.4, -0.2) is 24.3 Å². The van der Waals surface area contributed by atoms with Gasteiger partial charge in [-0.2, -0.15) is 0 Å². The summed E-state index contributed by atoms with van der Waals surface area (Å²) in [5, 5.41) is 9.16. The van der Waals surface area contributed by atoms with Crippen LogP contribution in [0.4, 0.5) is 4.39 Å². The molecule has 0 atom stereocenters. The second-order valence-electron chi connectivity index (χ2n) is 4.50. The Morgan fingerprint density at radius 2 is 1.83 bits per heavy atom. The highest BCUT2D eigenvalue weighted by Gasteiger charge is 2.03. The van der Waals surface area contributed by atoms with Crippen molar-refractivity contribution in [3.63, 3.8) is 0 Å². The van der Waals surface area contributed by atoms with E-state index in [4.69, 9.17) is 26.2 Å². The number of carboxylic acid groups (broad SMARTS) is 1. The summed E-state index contributed by atoms with van der Waals surface area (Å²) in [6.45, 7) is 0.503. The minimum absolute atomic E-state index is 0.243. The molecule has 0 aliphatic heterocycles. The van der Waals surface area contributed by atoms with Gasteiger partial charge in [0.15, 0.2) is 0 Å². The highest BCUT2D eigenvalue weighted by atomic mass is 35.5. The van der Waals surface area contributed by atoms with Gasteiger partial charge in [-0.15, -0.1) is 0 Å². The number of carbonyl (C=O) groups is 1. The third-order valence-electron chi connectivity index (χ3n) is 2.80. The average molecular weight is 337 g/mol. The number of hydrogen-bond acceptors (Lipinski definition) is 3. The third-order valence-corrected chi connectivity index (χ3v) is 3.04. The van der Waals surface area contributed by atoms with Crippen LogP contribution in [0.1, 0.15) is 5.56 Å². The van der Waals surface area contributed by atoms with Crippen LogP contribution in [0, 0.1) is 5.82 Å². The summed E-state index contributed by atoms with van der Waals surface area (Å²) < 4.78 is 23.7. The molecule has 0 heterocycles. The Labute approximate surface area is 137 Å². The molecule has 0 radical (unpaired) electrons. The van der Waals surface area contributed by atoms with Crippen LogP contribution in [0.3, 0.4) is 0 Å². The Balaban J connectivity index is 1.92. The van der Waals surface area contributed by atoms with E-state index in [1.807, 2.05) is 0 Å². The van der Waals surface area contributed by atoms with E-state index in [1.165, 1.54) is 30.3 Å². The lowest BCUT2D eigenvalue weighted by molar-refractivity contribution is -0.131. The predicted octanol–water partition coefficient (Wildman–Crippen LogP) is 4.03. The van der Waals surface area contributed by atoms with Crippen molar-refractivity contribution in [3.8, 4) is 11.5 Å². The quantitative estimate of drug-likeness (QED) is 0.612. The van der Waals surface area contributed by atoms with Crippen LogP contribution in [-0.2, 0) is 4.79 Å². The molecule has 0 saturated heterocycles. The van der Waals surface area contributed by atoms with Gasteiger partial charge in [0, 0.05) is 16.7 Å². The van der Waals surface area contributed by atoms with Gasteiger partial charge in [-0.1, -0.05) is 11.6 Å². The van der Waals surface area contributed by atoms with Gasteiger partial charge in [0.25, 0.3) is 0 Å². The molecule has 0 bridgehead atoms. The standard InChI is InChI=1S/C17H14ClFO4/c18-13-2-7-16(12(11-13)1-8-17(20)21)23-10-9-22-15-5-3-14(19)4-6-15/h1-8,11H,9-10H2,(H,20,21). The number of rotatable bonds is 7. The average Bonchev–Trinajstić information content (AvgIpc) is 2.52. The molecule has 1 N–H and O–H groups in total. The minimum Gasteiger partial charge on any atom is -0.490 e. The number of carboxylic acids is 1. The van der Waals surface area contributed by atoms with E-state index in [-0.39, 0.29) is 19.0 Å². The van der Waals surface area contributed by atoms with Gasteiger partial charge in [0.05, 0.1) is 0 Å². The second-order valence-corrected chi connectivity index (χ2v) is 4.94. The molecule has 120 valence electrons. The van der Waals surface area contributed by atoms with Gasteiger partial charge in [0.1, 0.15) is 30.5 Å². The Bertz CT molecular complexity index is 698. The molecule has 0 aromatic heterocycles. The number of ether oxygens (including phenoxy) is 2. The van der Waals surface area contributed by atoms with Gasteiger partial charge >= 0.3 is 5.97 Å².